The van der Waals surface area contributed by atoms with Crippen molar-refractivity contribution in [3.05, 3.63) is 0 Å². The van der Waals surface area contributed by atoms with Gasteiger partial charge in [0, 0.05) is 26.2 Å². The Bertz CT molecular complexity index is 347. The Morgan fingerprint density at radius 1 is 1.38 bits per heavy atom. The maximum atomic E-state index is 12.2. The van der Waals surface area contributed by atoms with Crippen molar-refractivity contribution in [1.29, 1.82) is 0 Å². The van der Waals surface area contributed by atoms with E-state index in [1.807, 2.05) is 11.8 Å². The molecule has 2 atom stereocenters. The first-order valence-corrected chi connectivity index (χ1v) is 7.88. The zero-order valence-electron chi connectivity index (χ0n) is 13.6. The van der Waals surface area contributed by atoms with Crippen LogP contribution in [0.15, 0.2) is 0 Å². The molecule has 0 aliphatic carbocycles. The molecule has 0 aromatic heterocycles. The highest BCUT2D eigenvalue weighted by molar-refractivity contribution is 5.83. The number of carbonyl (C=O) groups is 2. The lowest BCUT2D eigenvalue weighted by atomic mass is 10.1. The third kappa shape index (κ3) is 5.63. The summed E-state index contributed by atoms with van der Waals surface area (Å²) >= 11 is 0. The molecule has 1 saturated heterocycles. The average molecular weight is 299 g/mol. The van der Waals surface area contributed by atoms with Gasteiger partial charge in [-0.15, -0.1) is 0 Å². The van der Waals surface area contributed by atoms with Gasteiger partial charge in [0.25, 0.3) is 0 Å². The van der Waals surface area contributed by atoms with Crippen LogP contribution in [0.5, 0.6) is 0 Å². The number of nitrogens with one attached hydrogen (secondary N) is 2. The SMILES string of the molecule is CCOC(=O)C1CNCCN1C(C)C(=O)NCCC(C)C. The smallest absolute Gasteiger partial charge is 0.324 e. The number of carbonyl (C=O) groups excluding carboxylic acids is 2. The van der Waals surface area contributed by atoms with Gasteiger partial charge in [-0.2, -0.15) is 0 Å². The fourth-order valence-electron chi connectivity index (χ4n) is 2.42. The van der Waals surface area contributed by atoms with Crippen LogP contribution in [0, 0.1) is 5.92 Å². The van der Waals surface area contributed by atoms with Crippen LogP contribution < -0.4 is 10.6 Å². The Balaban J connectivity index is 2.57. The van der Waals surface area contributed by atoms with Crippen molar-refractivity contribution in [3.8, 4) is 0 Å². The minimum atomic E-state index is -0.385. The first kappa shape index (κ1) is 17.9. The second-order valence-electron chi connectivity index (χ2n) is 5.86. The number of esters is 1. The second kappa shape index (κ2) is 9.00. The van der Waals surface area contributed by atoms with Crippen molar-refractivity contribution in [2.24, 2.45) is 5.92 Å². The molecule has 0 radical (unpaired) electrons. The fourth-order valence-corrected chi connectivity index (χ4v) is 2.42. The number of amides is 1. The van der Waals surface area contributed by atoms with Gasteiger partial charge in [-0.25, -0.2) is 0 Å². The highest BCUT2D eigenvalue weighted by Crippen LogP contribution is 2.11. The molecule has 1 fully saturated rings. The quantitative estimate of drug-likeness (QED) is 0.665. The minimum Gasteiger partial charge on any atom is -0.465 e. The Morgan fingerprint density at radius 3 is 2.71 bits per heavy atom. The van der Waals surface area contributed by atoms with Gasteiger partial charge in [0.15, 0.2) is 0 Å². The average Bonchev–Trinajstić information content (AvgIpc) is 2.46. The molecule has 1 heterocycles. The third-order valence-electron chi connectivity index (χ3n) is 3.74. The van der Waals surface area contributed by atoms with E-state index in [2.05, 4.69) is 24.5 Å². The second-order valence-corrected chi connectivity index (χ2v) is 5.86. The van der Waals surface area contributed by atoms with Crippen molar-refractivity contribution in [2.45, 2.75) is 46.2 Å². The van der Waals surface area contributed by atoms with Crippen LogP contribution in [-0.4, -0.2) is 61.6 Å². The maximum Gasteiger partial charge on any atom is 0.324 e. The van der Waals surface area contributed by atoms with Gasteiger partial charge in [-0.05, 0) is 26.2 Å². The van der Waals surface area contributed by atoms with Gasteiger partial charge >= 0.3 is 5.97 Å². The van der Waals surface area contributed by atoms with E-state index < -0.39 is 0 Å². The zero-order chi connectivity index (χ0) is 15.8. The summed E-state index contributed by atoms with van der Waals surface area (Å²) in [6.45, 7) is 10.9. The number of ether oxygens (including phenoxy) is 1. The predicted molar refractivity (Wildman–Crippen MR) is 81.9 cm³/mol. The number of piperazine rings is 1. The van der Waals surface area contributed by atoms with E-state index >= 15 is 0 Å². The summed E-state index contributed by atoms with van der Waals surface area (Å²) in [5.41, 5.74) is 0. The number of nitrogens with zero attached hydrogens (tertiary/aromatic N) is 1. The predicted octanol–water partition coefficient (Wildman–Crippen LogP) is 0.374. The summed E-state index contributed by atoms with van der Waals surface area (Å²) in [6, 6.07) is -0.710. The summed E-state index contributed by atoms with van der Waals surface area (Å²) in [4.78, 5) is 26.2. The van der Waals surface area contributed by atoms with Gasteiger partial charge in [0.2, 0.25) is 5.91 Å². The van der Waals surface area contributed by atoms with Crippen molar-refractivity contribution in [3.63, 3.8) is 0 Å². The molecule has 0 spiro atoms. The van der Waals surface area contributed by atoms with Crippen molar-refractivity contribution in [2.75, 3.05) is 32.8 Å². The molecule has 2 unspecified atom stereocenters. The van der Waals surface area contributed by atoms with Crippen LogP contribution in [-0.2, 0) is 14.3 Å². The number of hydrogen-bond donors (Lipinski definition) is 2. The van der Waals surface area contributed by atoms with Crippen LogP contribution in [0.3, 0.4) is 0 Å². The summed E-state index contributed by atoms with van der Waals surface area (Å²) in [5.74, 6) is 0.283. The molecular weight excluding hydrogens is 270 g/mol. The number of hydrogen-bond acceptors (Lipinski definition) is 5. The van der Waals surface area contributed by atoms with E-state index in [9.17, 15) is 9.59 Å². The van der Waals surface area contributed by atoms with E-state index in [-0.39, 0.29) is 24.0 Å². The highest BCUT2D eigenvalue weighted by atomic mass is 16.5. The van der Waals surface area contributed by atoms with Crippen LogP contribution >= 0.6 is 0 Å². The Labute approximate surface area is 127 Å². The zero-order valence-corrected chi connectivity index (χ0v) is 13.6. The lowest BCUT2D eigenvalue weighted by molar-refractivity contribution is -0.152. The molecule has 0 aromatic rings. The minimum absolute atomic E-state index is 0.0214. The topological polar surface area (TPSA) is 70.7 Å². The molecular formula is C15H29N3O3. The van der Waals surface area contributed by atoms with Gasteiger partial charge < -0.3 is 15.4 Å². The van der Waals surface area contributed by atoms with Gasteiger partial charge in [0.1, 0.15) is 6.04 Å². The van der Waals surface area contributed by atoms with Crippen LogP contribution in [0.1, 0.15) is 34.1 Å². The molecule has 1 aliphatic heterocycles. The Hall–Kier alpha value is -1.14. The van der Waals surface area contributed by atoms with Gasteiger partial charge in [-0.1, -0.05) is 13.8 Å². The van der Waals surface area contributed by atoms with E-state index in [0.717, 1.165) is 13.0 Å². The van der Waals surface area contributed by atoms with E-state index in [1.165, 1.54) is 0 Å². The largest absolute Gasteiger partial charge is 0.465 e. The summed E-state index contributed by atoms with van der Waals surface area (Å²) < 4.78 is 5.10. The van der Waals surface area contributed by atoms with E-state index in [4.69, 9.17) is 4.74 Å². The lowest BCUT2D eigenvalue weighted by Crippen LogP contribution is -2.61. The monoisotopic (exact) mass is 299 g/mol. The fraction of sp³-hybridized carbons (Fsp3) is 0.867. The van der Waals surface area contributed by atoms with Gasteiger partial charge in [-0.3, -0.25) is 14.5 Å². The first-order valence-electron chi connectivity index (χ1n) is 7.88. The molecule has 1 rings (SSSR count). The number of rotatable bonds is 7. The molecule has 0 saturated carbocycles. The molecule has 0 aromatic carbocycles. The van der Waals surface area contributed by atoms with E-state index in [1.54, 1.807) is 6.92 Å². The first-order chi connectivity index (χ1) is 9.97. The molecule has 6 heteroatoms. The molecule has 0 bridgehead atoms. The van der Waals surface area contributed by atoms with Crippen molar-refractivity contribution < 1.29 is 14.3 Å². The summed E-state index contributed by atoms with van der Waals surface area (Å²) in [5, 5.41) is 6.13. The molecule has 2 N–H and O–H groups in total. The van der Waals surface area contributed by atoms with Crippen LogP contribution in [0.4, 0.5) is 0 Å². The normalized spacial score (nSPS) is 21.1. The highest BCUT2D eigenvalue weighted by Gasteiger charge is 2.35. The molecule has 1 aliphatic rings. The summed E-state index contributed by atoms with van der Waals surface area (Å²) in [7, 11) is 0. The molecule has 122 valence electrons. The van der Waals surface area contributed by atoms with E-state index in [0.29, 0.717) is 32.2 Å². The lowest BCUT2D eigenvalue weighted by Gasteiger charge is -2.37. The van der Waals surface area contributed by atoms with Crippen LogP contribution in [0.25, 0.3) is 0 Å². The molecule has 21 heavy (non-hydrogen) atoms. The standard InChI is InChI=1S/C15H29N3O3/c1-5-21-15(20)13-10-16-8-9-18(13)12(4)14(19)17-7-6-11(2)3/h11-13,16H,5-10H2,1-4H3,(H,17,19). The Kier molecular flexibility index (Phi) is 7.67. The van der Waals surface area contributed by atoms with Gasteiger partial charge in [0.05, 0.1) is 12.6 Å². The molecule has 6 nitrogen and oxygen atoms in total. The van der Waals surface area contributed by atoms with Crippen molar-refractivity contribution in [1.82, 2.24) is 15.5 Å². The van der Waals surface area contributed by atoms with Crippen molar-refractivity contribution >= 4 is 11.9 Å². The third-order valence-corrected chi connectivity index (χ3v) is 3.74. The van der Waals surface area contributed by atoms with Crippen LogP contribution in [0.2, 0.25) is 0 Å². The Morgan fingerprint density at radius 2 is 2.10 bits per heavy atom. The summed E-state index contributed by atoms with van der Waals surface area (Å²) in [6.07, 6.45) is 0.960. The molecule has 1 amide bonds. The maximum absolute atomic E-state index is 12.2.